The van der Waals surface area contributed by atoms with Gasteiger partial charge in [0.2, 0.25) is 5.95 Å². The Hall–Kier alpha value is -2.18. The van der Waals surface area contributed by atoms with Crippen LogP contribution in [0.3, 0.4) is 0 Å². The van der Waals surface area contributed by atoms with E-state index in [-0.39, 0.29) is 29.9 Å². The number of rotatable bonds is 7. The lowest BCUT2D eigenvalue weighted by Gasteiger charge is -2.12. The highest BCUT2D eigenvalue weighted by atomic mass is 127. The molecule has 2 rings (SSSR count). The Bertz CT molecular complexity index is 711. The van der Waals surface area contributed by atoms with Crippen molar-refractivity contribution < 1.29 is 13.2 Å². The van der Waals surface area contributed by atoms with E-state index in [0.29, 0.717) is 25.6 Å². The fourth-order valence-electron chi connectivity index (χ4n) is 2.03. The number of guanidine groups is 1. The zero-order chi connectivity index (χ0) is 18.8. The second-order valence-electron chi connectivity index (χ2n) is 5.19. The normalized spacial score (nSPS) is 11.5. The highest BCUT2D eigenvalue weighted by molar-refractivity contribution is 14.0. The van der Waals surface area contributed by atoms with Gasteiger partial charge < -0.3 is 16.0 Å². The van der Waals surface area contributed by atoms with Gasteiger partial charge in [0, 0.05) is 51.2 Å². The van der Waals surface area contributed by atoms with Gasteiger partial charge in [-0.3, -0.25) is 9.98 Å². The van der Waals surface area contributed by atoms with Crippen LogP contribution in [0.2, 0.25) is 0 Å². The third kappa shape index (κ3) is 8.37. The second kappa shape index (κ2) is 11.5. The molecule has 3 N–H and O–H groups in total. The molecule has 11 heteroatoms. The smallest absolute Gasteiger partial charge is 0.356 e. The van der Waals surface area contributed by atoms with Gasteiger partial charge in [-0.05, 0) is 18.2 Å². The molecule has 0 amide bonds. The number of pyridine rings is 1. The molecule has 0 aliphatic heterocycles. The third-order valence-corrected chi connectivity index (χ3v) is 3.27. The molecule has 0 aliphatic carbocycles. The molecule has 7 nitrogen and oxygen atoms in total. The largest absolute Gasteiger partial charge is 0.433 e. The zero-order valence-electron chi connectivity index (χ0n) is 14.6. The maximum Gasteiger partial charge on any atom is 0.433 e. The van der Waals surface area contributed by atoms with Crippen molar-refractivity contribution in [3.05, 3.63) is 48.0 Å². The van der Waals surface area contributed by atoms with Crippen LogP contribution in [-0.2, 0) is 12.6 Å². The van der Waals surface area contributed by atoms with Gasteiger partial charge in [0.25, 0.3) is 0 Å². The summed E-state index contributed by atoms with van der Waals surface area (Å²) < 4.78 is 37.8. The van der Waals surface area contributed by atoms with E-state index in [0.717, 1.165) is 24.4 Å². The summed E-state index contributed by atoms with van der Waals surface area (Å²) in [5.74, 6) is 0.521. The first-order valence-corrected chi connectivity index (χ1v) is 7.97. The van der Waals surface area contributed by atoms with E-state index >= 15 is 0 Å². The fraction of sp³-hybridized carbons (Fsp3) is 0.375. The number of aliphatic imine (C=N–C) groups is 1. The number of nitrogens with one attached hydrogen (secondary N) is 3. The summed E-state index contributed by atoms with van der Waals surface area (Å²) in [6.45, 7) is 1.42. The van der Waals surface area contributed by atoms with Gasteiger partial charge >= 0.3 is 6.18 Å². The van der Waals surface area contributed by atoms with E-state index in [1.54, 1.807) is 13.2 Å². The van der Waals surface area contributed by atoms with Crippen molar-refractivity contribution in [2.45, 2.75) is 12.6 Å². The molecule has 0 aliphatic rings. The molecule has 0 unspecified atom stereocenters. The van der Waals surface area contributed by atoms with Gasteiger partial charge in [0.05, 0.1) is 0 Å². The molecule has 148 valence electrons. The van der Waals surface area contributed by atoms with Crippen LogP contribution >= 0.6 is 24.0 Å². The minimum absolute atomic E-state index is 0. The maximum absolute atomic E-state index is 12.6. The predicted molar refractivity (Wildman–Crippen MR) is 108 cm³/mol. The molecule has 0 fully saturated rings. The Balaban J connectivity index is 0.00000364. The van der Waals surface area contributed by atoms with Crippen molar-refractivity contribution in [3.8, 4) is 0 Å². The van der Waals surface area contributed by atoms with Gasteiger partial charge in [0.1, 0.15) is 5.69 Å². The van der Waals surface area contributed by atoms with Crippen LogP contribution in [0.1, 0.15) is 11.4 Å². The van der Waals surface area contributed by atoms with E-state index in [1.807, 2.05) is 18.2 Å². The van der Waals surface area contributed by atoms with Crippen molar-refractivity contribution in [1.82, 2.24) is 25.6 Å². The molecule has 0 saturated carbocycles. The van der Waals surface area contributed by atoms with Crippen LogP contribution in [0.4, 0.5) is 19.1 Å². The number of hydrogen-bond acceptors (Lipinski definition) is 5. The van der Waals surface area contributed by atoms with E-state index < -0.39 is 11.9 Å². The molecular weight excluding hydrogens is 474 g/mol. The van der Waals surface area contributed by atoms with Crippen LogP contribution in [0.25, 0.3) is 0 Å². The van der Waals surface area contributed by atoms with E-state index in [4.69, 9.17) is 0 Å². The number of halogens is 4. The molecule has 0 spiro atoms. The first-order chi connectivity index (χ1) is 12.5. The van der Waals surface area contributed by atoms with E-state index in [2.05, 4.69) is 35.9 Å². The fourth-order valence-corrected chi connectivity index (χ4v) is 2.03. The average Bonchev–Trinajstić information content (AvgIpc) is 2.64. The first-order valence-electron chi connectivity index (χ1n) is 7.97. The summed E-state index contributed by atoms with van der Waals surface area (Å²) >= 11 is 0. The van der Waals surface area contributed by atoms with Crippen molar-refractivity contribution in [1.29, 1.82) is 0 Å². The second-order valence-corrected chi connectivity index (χ2v) is 5.19. The van der Waals surface area contributed by atoms with Crippen LogP contribution in [-0.4, -0.2) is 47.6 Å². The molecule has 0 bridgehead atoms. The van der Waals surface area contributed by atoms with Crippen LogP contribution in [0, 0.1) is 0 Å². The van der Waals surface area contributed by atoms with E-state index in [1.165, 1.54) is 0 Å². The van der Waals surface area contributed by atoms with Crippen molar-refractivity contribution >= 4 is 35.9 Å². The molecular formula is C16H21F3IN7. The molecule has 2 heterocycles. The van der Waals surface area contributed by atoms with Crippen LogP contribution in [0.5, 0.6) is 0 Å². The summed E-state index contributed by atoms with van der Waals surface area (Å²) in [5.41, 5.74) is -0.00577. The predicted octanol–water partition coefficient (Wildman–Crippen LogP) is 2.33. The van der Waals surface area contributed by atoms with Gasteiger partial charge in [-0.15, -0.1) is 24.0 Å². The molecule has 0 aromatic carbocycles. The van der Waals surface area contributed by atoms with Crippen molar-refractivity contribution in [2.75, 3.05) is 32.0 Å². The molecule has 27 heavy (non-hydrogen) atoms. The third-order valence-electron chi connectivity index (χ3n) is 3.27. The summed E-state index contributed by atoms with van der Waals surface area (Å²) in [5, 5.41) is 8.93. The quantitative estimate of drug-likeness (QED) is 0.237. The minimum Gasteiger partial charge on any atom is -0.356 e. The Labute approximate surface area is 172 Å². The van der Waals surface area contributed by atoms with Gasteiger partial charge in [-0.1, -0.05) is 6.07 Å². The number of anilines is 1. The lowest BCUT2D eigenvalue weighted by atomic mass is 10.3. The Morgan fingerprint density at radius 1 is 1.04 bits per heavy atom. The van der Waals surface area contributed by atoms with E-state index in [9.17, 15) is 13.2 Å². The topological polar surface area (TPSA) is 87.1 Å². The van der Waals surface area contributed by atoms with Crippen molar-refractivity contribution in [2.24, 2.45) is 4.99 Å². The Morgan fingerprint density at radius 3 is 2.48 bits per heavy atom. The molecule has 0 radical (unpaired) electrons. The number of alkyl halides is 3. The number of hydrogen-bond donors (Lipinski definition) is 3. The molecule has 0 atom stereocenters. The zero-order valence-corrected chi connectivity index (χ0v) is 17.0. The summed E-state index contributed by atoms with van der Waals surface area (Å²) in [7, 11) is 1.64. The lowest BCUT2D eigenvalue weighted by Crippen LogP contribution is -2.40. The molecule has 2 aromatic heterocycles. The van der Waals surface area contributed by atoms with Gasteiger partial charge in [0.15, 0.2) is 5.96 Å². The standard InChI is InChI=1S/C16H20F3N7.HI/c1-20-14(22-8-5-12-4-2-3-7-21-12)24-10-11-25-15-23-9-6-13(26-15)16(17,18)19;/h2-4,6-7,9H,5,8,10-11H2,1H3,(H2,20,22,24)(H,23,25,26);1H. The van der Waals surface area contributed by atoms with Crippen LogP contribution < -0.4 is 16.0 Å². The molecule has 2 aromatic rings. The van der Waals surface area contributed by atoms with Gasteiger partial charge in [-0.25, -0.2) is 9.97 Å². The number of nitrogens with zero attached hydrogens (tertiary/aromatic N) is 4. The monoisotopic (exact) mass is 495 g/mol. The SMILES string of the molecule is CN=C(NCCNc1nccc(C(F)(F)F)n1)NCCc1ccccn1.I. The summed E-state index contributed by atoms with van der Waals surface area (Å²) in [6.07, 6.45) is -0.928. The minimum atomic E-state index is -4.49. The Kier molecular flexibility index (Phi) is 9.75. The maximum atomic E-state index is 12.6. The highest BCUT2D eigenvalue weighted by Crippen LogP contribution is 2.27. The van der Waals surface area contributed by atoms with Gasteiger partial charge in [-0.2, -0.15) is 13.2 Å². The molecule has 0 saturated heterocycles. The highest BCUT2D eigenvalue weighted by Gasteiger charge is 2.32. The van der Waals surface area contributed by atoms with Crippen LogP contribution in [0.15, 0.2) is 41.7 Å². The lowest BCUT2D eigenvalue weighted by molar-refractivity contribution is -0.141. The summed E-state index contributed by atoms with van der Waals surface area (Å²) in [6, 6.07) is 6.56. The summed E-state index contributed by atoms with van der Waals surface area (Å²) in [4.78, 5) is 15.5. The average molecular weight is 495 g/mol. The first kappa shape index (κ1) is 22.9. The number of aromatic nitrogens is 3. The van der Waals surface area contributed by atoms with Crippen molar-refractivity contribution in [3.63, 3.8) is 0 Å². The Morgan fingerprint density at radius 2 is 1.81 bits per heavy atom.